The fraction of sp³-hybridized carbons (Fsp3) is 0.455. The van der Waals surface area contributed by atoms with Crippen molar-refractivity contribution in [3.8, 4) is 5.75 Å². The van der Waals surface area contributed by atoms with Crippen molar-refractivity contribution in [2.75, 3.05) is 7.11 Å². The quantitative estimate of drug-likeness (QED) is 0.808. The highest BCUT2D eigenvalue weighted by atomic mass is 19.1. The molecule has 2 nitrogen and oxygen atoms in total. The Kier molecular flexibility index (Phi) is 3.47. The third-order valence-corrected chi connectivity index (χ3v) is 2.28. The maximum Gasteiger partial charge on any atom is 0.131 e. The average molecular weight is 197 g/mol. The standard InChI is InChI=1S/C11H16FNO/c1-7(2)11(13)9-5-4-8(14-3)6-10(9)12/h4-7,11H,13H2,1-3H3/t11-/m0/s1. The predicted octanol–water partition coefficient (Wildman–Crippen LogP) is 2.49. The molecule has 0 amide bonds. The molecule has 0 aliphatic heterocycles. The van der Waals surface area contributed by atoms with E-state index < -0.39 is 0 Å². The summed E-state index contributed by atoms with van der Waals surface area (Å²) in [7, 11) is 1.51. The first-order valence-electron chi connectivity index (χ1n) is 4.65. The summed E-state index contributed by atoms with van der Waals surface area (Å²) >= 11 is 0. The highest BCUT2D eigenvalue weighted by molar-refractivity contribution is 5.30. The van der Waals surface area contributed by atoms with Crippen molar-refractivity contribution >= 4 is 0 Å². The molecular formula is C11H16FNO. The molecule has 0 radical (unpaired) electrons. The van der Waals surface area contributed by atoms with Crippen molar-refractivity contribution < 1.29 is 9.13 Å². The lowest BCUT2D eigenvalue weighted by Crippen LogP contribution is -2.18. The molecule has 0 fully saturated rings. The van der Waals surface area contributed by atoms with Crippen molar-refractivity contribution in [2.45, 2.75) is 19.9 Å². The Bertz CT molecular complexity index is 312. The van der Waals surface area contributed by atoms with Gasteiger partial charge in [0.05, 0.1) is 7.11 Å². The summed E-state index contributed by atoms with van der Waals surface area (Å²) in [5.41, 5.74) is 6.39. The Labute approximate surface area is 83.9 Å². The van der Waals surface area contributed by atoms with Gasteiger partial charge in [0.1, 0.15) is 11.6 Å². The van der Waals surface area contributed by atoms with E-state index >= 15 is 0 Å². The summed E-state index contributed by atoms with van der Waals surface area (Å²) in [4.78, 5) is 0. The van der Waals surface area contributed by atoms with Crippen molar-refractivity contribution in [2.24, 2.45) is 11.7 Å². The van der Waals surface area contributed by atoms with E-state index in [1.165, 1.54) is 13.2 Å². The minimum Gasteiger partial charge on any atom is -0.497 e. The van der Waals surface area contributed by atoms with E-state index in [2.05, 4.69) is 0 Å². The minimum atomic E-state index is -0.300. The van der Waals surface area contributed by atoms with Crippen molar-refractivity contribution in [3.63, 3.8) is 0 Å². The molecule has 1 aromatic carbocycles. The molecule has 1 rings (SSSR count). The molecule has 1 aromatic rings. The molecule has 3 heteroatoms. The number of hydrogen-bond donors (Lipinski definition) is 1. The summed E-state index contributed by atoms with van der Waals surface area (Å²) in [5, 5.41) is 0. The van der Waals surface area contributed by atoms with Crippen molar-refractivity contribution in [1.82, 2.24) is 0 Å². The van der Waals surface area contributed by atoms with Gasteiger partial charge in [-0.05, 0) is 12.0 Å². The number of hydrogen-bond acceptors (Lipinski definition) is 2. The van der Waals surface area contributed by atoms with Gasteiger partial charge in [0, 0.05) is 17.7 Å². The molecule has 14 heavy (non-hydrogen) atoms. The number of halogens is 1. The van der Waals surface area contributed by atoms with Crippen molar-refractivity contribution in [3.05, 3.63) is 29.6 Å². The lowest BCUT2D eigenvalue weighted by atomic mass is 9.96. The first kappa shape index (κ1) is 11.0. The van der Waals surface area contributed by atoms with Crippen LogP contribution in [0, 0.1) is 11.7 Å². The summed E-state index contributed by atoms with van der Waals surface area (Å²) < 4.78 is 18.4. The highest BCUT2D eigenvalue weighted by Gasteiger charge is 2.15. The van der Waals surface area contributed by atoms with Gasteiger partial charge in [-0.25, -0.2) is 4.39 Å². The molecule has 0 heterocycles. The van der Waals surface area contributed by atoms with Crippen LogP contribution in [-0.2, 0) is 0 Å². The third kappa shape index (κ3) is 2.23. The smallest absolute Gasteiger partial charge is 0.131 e. The predicted molar refractivity (Wildman–Crippen MR) is 54.7 cm³/mol. The first-order chi connectivity index (χ1) is 6.56. The maximum atomic E-state index is 13.5. The van der Waals surface area contributed by atoms with E-state index in [0.717, 1.165) is 0 Å². The monoisotopic (exact) mass is 197 g/mol. The van der Waals surface area contributed by atoms with Crippen LogP contribution < -0.4 is 10.5 Å². The van der Waals surface area contributed by atoms with Crippen LogP contribution in [0.2, 0.25) is 0 Å². The molecular weight excluding hydrogens is 181 g/mol. The van der Waals surface area contributed by atoms with Gasteiger partial charge >= 0.3 is 0 Å². The number of rotatable bonds is 3. The van der Waals surface area contributed by atoms with Gasteiger partial charge < -0.3 is 10.5 Å². The normalized spacial score (nSPS) is 13.0. The second kappa shape index (κ2) is 4.42. The zero-order valence-electron chi connectivity index (χ0n) is 8.75. The molecule has 0 aliphatic rings. The molecule has 78 valence electrons. The second-order valence-corrected chi connectivity index (χ2v) is 3.66. The largest absolute Gasteiger partial charge is 0.497 e. The van der Waals surface area contributed by atoms with Crippen LogP contribution in [0.3, 0.4) is 0 Å². The Morgan fingerprint density at radius 3 is 2.43 bits per heavy atom. The van der Waals surface area contributed by atoms with Crippen LogP contribution in [0.15, 0.2) is 18.2 Å². The summed E-state index contributed by atoms with van der Waals surface area (Å²) in [5.74, 6) is 0.436. The van der Waals surface area contributed by atoms with E-state index in [1.54, 1.807) is 12.1 Å². The first-order valence-corrected chi connectivity index (χ1v) is 4.65. The average Bonchev–Trinajstić information content (AvgIpc) is 2.16. The number of ether oxygens (including phenoxy) is 1. The van der Waals surface area contributed by atoms with Crippen molar-refractivity contribution in [1.29, 1.82) is 0 Å². The fourth-order valence-corrected chi connectivity index (χ4v) is 1.26. The number of nitrogens with two attached hydrogens (primary N) is 1. The SMILES string of the molecule is COc1ccc([C@@H](N)C(C)C)c(F)c1. The number of methoxy groups -OCH3 is 1. The zero-order chi connectivity index (χ0) is 10.7. The van der Waals surface area contributed by atoms with E-state index in [4.69, 9.17) is 10.5 Å². The second-order valence-electron chi connectivity index (χ2n) is 3.66. The zero-order valence-corrected chi connectivity index (χ0v) is 8.75. The van der Waals surface area contributed by atoms with E-state index in [9.17, 15) is 4.39 Å². The Hall–Kier alpha value is -1.09. The lowest BCUT2D eigenvalue weighted by molar-refractivity contribution is 0.408. The Morgan fingerprint density at radius 2 is 2.00 bits per heavy atom. The lowest BCUT2D eigenvalue weighted by Gasteiger charge is -2.17. The highest BCUT2D eigenvalue weighted by Crippen LogP contribution is 2.24. The topological polar surface area (TPSA) is 35.2 Å². The van der Waals surface area contributed by atoms with E-state index in [0.29, 0.717) is 11.3 Å². The Balaban J connectivity index is 2.99. The molecule has 2 N–H and O–H groups in total. The minimum absolute atomic E-state index is 0.220. The van der Waals surface area contributed by atoms with Gasteiger partial charge in [-0.15, -0.1) is 0 Å². The molecule has 0 unspecified atom stereocenters. The van der Waals surface area contributed by atoms with E-state index in [1.807, 2.05) is 13.8 Å². The van der Waals surface area contributed by atoms with Gasteiger partial charge in [-0.3, -0.25) is 0 Å². The molecule has 0 saturated heterocycles. The van der Waals surface area contributed by atoms with Crippen LogP contribution in [0.4, 0.5) is 4.39 Å². The van der Waals surface area contributed by atoms with Gasteiger partial charge in [0.25, 0.3) is 0 Å². The van der Waals surface area contributed by atoms with Gasteiger partial charge in [-0.2, -0.15) is 0 Å². The van der Waals surface area contributed by atoms with Crippen LogP contribution in [0.5, 0.6) is 5.75 Å². The van der Waals surface area contributed by atoms with Gasteiger partial charge in [0.2, 0.25) is 0 Å². The summed E-state index contributed by atoms with van der Waals surface area (Å²) in [6, 6.07) is 4.50. The third-order valence-electron chi connectivity index (χ3n) is 2.28. The fourth-order valence-electron chi connectivity index (χ4n) is 1.26. The molecule has 0 spiro atoms. The molecule has 0 aliphatic carbocycles. The maximum absolute atomic E-state index is 13.5. The van der Waals surface area contributed by atoms with E-state index in [-0.39, 0.29) is 17.8 Å². The van der Waals surface area contributed by atoms with Crippen LogP contribution in [0.25, 0.3) is 0 Å². The summed E-state index contributed by atoms with van der Waals surface area (Å²) in [6.45, 7) is 3.93. The molecule has 0 saturated carbocycles. The number of benzene rings is 1. The van der Waals surface area contributed by atoms with Crippen LogP contribution in [0.1, 0.15) is 25.5 Å². The van der Waals surface area contributed by atoms with Gasteiger partial charge in [0.15, 0.2) is 0 Å². The van der Waals surface area contributed by atoms with Gasteiger partial charge in [-0.1, -0.05) is 19.9 Å². The van der Waals surface area contributed by atoms with Crippen LogP contribution in [-0.4, -0.2) is 7.11 Å². The summed E-state index contributed by atoms with van der Waals surface area (Å²) in [6.07, 6.45) is 0. The Morgan fingerprint density at radius 1 is 1.36 bits per heavy atom. The molecule has 1 atom stereocenters. The van der Waals surface area contributed by atoms with Crippen LogP contribution >= 0.6 is 0 Å². The molecule has 0 aromatic heterocycles. The molecule has 0 bridgehead atoms.